The molecular formula is C14H12ClN3O2S2. The number of hydrogen-bond acceptors (Lipinski definition) is 5. The van der Waals surface area contributed by atoms with Crippen molar-refractivity contribution < 1.29 is 8.42 Å². The molecule has 0 atom stereocenters. The first-order valence-corrected chi connectivity index (χ1v) is 9.11. The van der Waals surface area contributed by atoms with Gasteiger partial charge in [0, 0.05) is 11.6 Å². The van der Waals surface area contributed by atoms with Crippen molar-refractivity contribution >= 4 is 44.4 Å². The Balaban J connectivity index is 1.75. The van der Waals surface area contributed by atoms with Gasteiger partial charge in [0.2, 0.25) is 10.0 Å². The Morgan fingerprint density at radius 1 is 1.14 bits per heavy atom. The molecule has 0 bridgehead atoms. The van der Waals surface area contributed by atoms with Crippen molar-refractivity contribution in [2.75, 3.05) is 6.54 Å². The number of rotatable bonds is 5. The van der Waals surface area contributed by atoms with Crippen LogP contribution in [-0.2, 0) is 16.4 Å². The first-order valence-electron chi connectivity index (χ1n) is 6.52. The number of nitrogens with zero attached hydrogens (tertiary/aromatic N) is 2. The Morgan fingerprint density at radius 2 is 1.95 bits per heavy atom. The van der Waals surface area contributed by atoms with Crippen LogP contribution in [0.15, 0.2) is 47.4 Å². The molecule has 1 heterocycles. The van der Waals surface area contributed by atoms with Crippen LogP contribution in [0.5, 0.6) is 0 Å². The van der Waals surface area contributed by atoms with Gasteiger partial charge in [-0.15, -0.1) is 0 Å². The SMILES string of the molecule is O=S(=O)(NCCc1cccc(Cl)c1)c1cccc2nsnc12. The van der Waals surface area contributed by atoms with Crippen LogP contribution >= 0.6 is 23.3 Å². The van der Waals surface area contributed by atoms with Gasteiger partial charge in [-0.25, -0.2) is 13.1 Å². The molecule has 0 saturated heterocycles. The zero-order valence-corrected chi connectivity index (χ0v) is 13.7. The summed E-state index contributed by atoms with van der Waals surface area (Å²) in [5.74, 6) is 0. The number of aromatic nitrogens is 2. The average Bonchev–Trinajstić information content (AvgIpc) is 2.95. The molecule has 0 amide bonds. The van der Waals surface area contributed by atoms with Crippen LogP contribution in [-0.4, -0.2) is 23.7 Å². The fraction of sp³-hybridized carbons (Fsp3) is 0.143. The molecule has 1 N–H and O–H groups in total. The van der Waals surface area contributed by atoms with Gasteiger partial charge in [0.05, 0.1) is 11.7 Å². The summed E-state index contributed by atoms with van der Waals surface area (Å²) in [7, 11) is -3.62. The predicted molar refractivity (Wildman–Crippen MR) is 87.8 cm³/mol. The van der Waals surface area contributed by atoms with Crippen molar-refractivity contribution in [3.63, 3.8) is 0 Å². The monoisotopic (exact) mass is 353 g/mol. The first kappa shape index (κ1) is 15.4. The fourth-order valence-corrected chi connectivity index (χ4v) is 4.11. The van der Waals surface area contributed by atoms with Crippen LogP contribution in [0.4, 0.5) is 0 Å². The smallest absolute Gasteiger partial charge is 0.211 e. The molecule has 1 aromatic heterocycles. The Kier molecular flexibility index (Phi) is 4.39. The molecule has 8 heteroatoms. The molecule has 0 aliphatic heterocycles. The molecule has 5 nitrogen and oxygen atoms in total. The van der Waals surface area contributed by atoms with Gasteiger partial charge >= 0.3 is 0 Å². The van der Waals surface area contributed by atoms with Gasteiger partial charge < -0.3 is 0 Å². The van der Waals surface area contributed by atoms with E-state index >= 15 is 0 Å². The number of halogens is 1. The lowest BCUT2D eigenvalue weighted by Crippen LogP contribution is -2.26. The fourth-order valence-electron chi connectivity index (χ4n) is 2.10. The number of hydrogen-bond donors (Lipinski definition) is 1. The minimum absolute atomic E-state index is 0.157. The second kappa shape index (κ2) is 6.29. The third-order valence-corrected chi connectivity index (χ3v) is 5.40. The van der Waals surface area contributed by atoms with Gasteiger partial charge in [-0.05, 0) is 36.2 Å². The number of fused-ring (bicyclic) bond motifs is 1. The van der Waals surface area contributed by atoms with Crippen molar-refractivity contribution in [1.82, 2.24) is 13.5 Å². The molecule has 0 unspecified atom stereocenters. The minimum atomic E-state index is -3.62. The molecule has 0 aliphatic rings. The van der Waals surface area contributed by atoms with Gasteiger partial charge in [0.1, 0.15) is 15.9 Å². The Hall–Kier alpha value is -1.54. The number of benzene rings is 2. The van der Waals surface area contributed by atoms with Crippen molar-refractivity contribution in [3.05, 3.63) is 53.1 Å². The van der Waals surface area contributed by atoms with Crippen molar-refractivity contribution in [2.24, 2.45) is 0 Å². The summed E-state index contributed by atoms with van der Waals surface area (Å²) in [6.07, 6.45) is 0.561. The number of sulfonamides is 1. The van der Waals surface area contributed by atoms with Gasteiger partial charge in [-0.1, -0.05) is 29.8 Å². The third-order valence-electron chi connectivity index (χ3n) is 3.13. The van der Waals surface area contributed by atoms with Crippen LogP contribution in [0.2, 0.25) is 5.02 Å². The van der Waals surface area contributed by atoms with Crippen LogP contribution in [0.1, 0.15) is 5.56 Å². The minimum Gasteiger partial charge on any atom is -0.211 e. The molecule has 0 fully saturated rings. The molecule has 3 aromatic rings. The van der Waals surface area contributed by atoms with Crippen LogP contribution in [0.3, 0.4) is 0 Å². The highest BCUT2D eigenvalue weighted by Crippen LogP contribution is 2.20. The van der Waals surface area contributed by atoms with Crippen molar-refractivity contribution in [3.8, 4) is 0 Å². The van der Waals surface area contributed by atoms with Crippen molar-refractivity contribution in [1.29, 1.82) is 0 Å². The van der Waals surface area contributed by atoms with E-state index in [1.807, 2.05) is 18.2 Å². The molecule has 22 heavy (non-hydrogen) atoms. The molecule has 114 valence electrons. The summed E-state index contributed by atoms with van der Waals surface area (Å²) in [6.45, 7) is 0.288. The molecular weight excluding hydrogens is 342 g/mol. The Labute approximate surface area is 137 Å². The summed E-state index contributed by atoms with van der Waals surface area (Å²) in [4.78, 5) is 0.157. The zero-order valence-electron chi connectivity index (χ0n) is 11.4. The summed E-state index contributed by atoms with van der Waals surface area (Å²) >= 11 is 6.91. The summed E-state index contributed by atoms with van der Waals surface area (Å²) in [5.41, 5.74) is 1.97. The second-order valence-corrected chi connectivity index (χ2v) is 7.37. The maximum Gasteiger partial charge on any atom is 0.242 e. The standard InChI is InChI=1S/C14H12ClN3O2S2/c15-11-4-1-3-10(9-11)7-8-16-22(19,20)13-6-2-5-12-14(13)18-21-17-12/h1-6,9,16H,7-8H2. The summed E-state index contributed by atoms with van der Waals surface area (Å²) < 4.78 is 35.5. The molecule has 0 spiro atoms. The van der Waals surface area contributed by atoms with E-state index in [1.165, 1.54) is 6.07 Å². The maximum atomic E-state index is 12.4. The van der Waals surface area contributed by atoms with Crippen molar-refractivity contribution in [2.45, 2.75) is 11.3 Å². The Morgan fingerprint density at radius 3 is 2.77 bits per heavy atom. The first-order chi connectivity index (χ1) is 10.6. The Bertz CT molecular complexity index is 909. The summed E-state index contributed by atoms with van der Waals surface area (Å²) in [5, 5.41) is 0.638. The molecule has 0 aliphatic carbocycles. The maximum absolute atomic E-state index is 12.4. The zero-order chi connectivity index (χ0) is 15.6. The lowest BCUT2D eigenvalue weighted by atomic mass is 10.2. The molecule has 2 aromatic carbocycles. The van der Waals surface area contributed by atoms with Gasteiger partial charge in [-0.2, -0.15) is 8.75 Å². The third kappa shape index (κ3) is 3.27. The predicted octanol–water partition coefficient (Wildman–Crippen LogP) is 2.87. The molecule has 0 radical (unpaired) electrons. The average molecular weight is 354 g/mol. The molecule has 0 saturated carbocycles. The van der Waals surface area contributed by atoms with Gasteiger partial charge in [0.15, 0.2) is 0 Å². The van der Waals surface area contributed by atoms with Crippen LogP contribution < -0.4 is 4.72 Å². The van der Waals surface area contributed by atoms with E-state index in [4.69, 9.17) is 11.6 Å². The normalized spacial score (nSPS) is 11.9. The highest BCUT2D eigenvalue weighted by atomic mass is 35.5. The lowest BCUT2D eigenvalue weighted by Gasteiger charge is -2.07. The van der Waals surface area contributed by atoms with E-state index < -0.39 is 10.0 Å². The van der Waals surface area contributed by atoms with Crippen LogP contribution in [0, 0.1) is 0 Å². The topological polar surface area (TPSA) is 72.0 Å². The van der Waals surface area contributed by atoms with E-state index in [-0.39, 0.29) is 11.4 Å². The van der Waals surface area contributed by atoms with Crippen LogP contribution in [0.25, 0.3) is 11.0 Å². The van der Waals surface area contributed by atoms with Gasteiger partial charge in [0.25, 0.3) is 0 Å². The van der Waals surface area contributed by atoms with E-state index in [0.717, 1.165) is 17.3 Å². The van der Waals surface area contributed by atoms with E-state index in [2.05, 4.69) is 13.5 Å². The number of nitrogens with one attached hydrogen (secondary N) is 1. The van der Waals surface area contributed by atoms with E-state index in [0.29, 0.717) is 22.5 Å². The second-order valence-electron chi connectivity index (χ2n) is 4.67. The molecule has 3 rings (SSSR count). The van der Waals surface area contributed by atoms with E-state index in [9.17, 15) is 8.42 Å². The summed E-state index contributed by atoms with van der Waals surface area (Å²) in [6, 6.07) is 12.3. The quantitative estimate of drug-likeness (QED) is 0.765. The van der Waals surface area contributed by atoms with E-state index in [1.54, 1.807) is 18.2 Å². The highest BCUT2D eigenvalue weighted by Gasteiger charge is 2.18. The highest BCUT2D eigenvalue weighted by molar-refractivity contribution is 7.89. The largest absolute Gasteiger partial charge is 0.242 e. The van der Waals surface area contributed by atoms with Gasteiger partial charge in [-0.3, -0.25) is 0 Å². The lowest BCUT2D eigenvalue weighted by molar-refractivity contribution is 0.582.